The molecule has 0 saturated carbocycles. The van der Waals surface area contributed by atoms with Crippen molar-refractivity contribution in [1.82, 2.24) is 0 Å². The Hall–Kier alpha value is -1.42. The second-order valence-electron chi connectivity index (χ2n) is 14.4. The molecule has 0 N–H and O–H groups in total. The third-order valence-corrected chi connectivity index (χ3v) is 9.43. The Balaban J connectivity index is 2.57. The zero-order valence-electron chi connectivity index (χ0n) is 23.6. The molecular formula is C30H46GeO2. The predicted octanol–water partition coefficient (Wildman–Crippen LogP) is 9.02. The minimum atomic E-state index is -3.09. The minimum absolute atomic E-state index is 0.0355. The molecule has 0 saturated heterocycles. The maximum atomic E-state index is 6.91. The van der Waals surface area contributed by atoms with Crippen LogP contribution < -0.4 is 7.53 Å². The average Bonchev–Trinajstić information content (AvgIpc) is 2.68. The molecule has 0 atom stereocenters. The summed E-state index contributed by atoms with van der Waals surface area (Å²) >= 11 is -3.09. The Morgan fingerprint density at radius 1 is 0.485 bits per heavy atom. The third-order valence-electron chi connectivity index (χ3n) is 6.51. The topological polar surface area (TPSA) is 18.5 Å². The molecule has 0 fully saturated rings. The Labute approximate surface area is 206 Å². The van der Waals surface area contributed by atoms with Gasteiger partial charge in [-0.25, -0.2) is 0 Å². The Morgan fingerprint density at radius 3 is 1.03 bits per heavy atom. The summed E-state index contributed by atoms with van der Waals surface area (Å²) in [6.07, 6.45) is 0. The molecule has 0 bridgehead atoms. The van der Waals surface area contributed by atoms with Gasteiger partial charge in [0, 0.05) is 0 Å². The van der Waals surface area contributed by atoms with E-state index in [2.05, 4.69) is 119 Å². The number of fused-ring (bicyclic) bond motifs is 3. The molecule has 2 nitrogen and oxygen atoms in total. The van der Waals surface area contributed by atoms with E-state index in [0.717, 1.165) is 11.5 Å². The fourth-order valence-corrected chi connectivity index (χ4v) is 7.44. The number of rotatable bonds is 0. The molecule has 2 aromatic carbocycles. The third kappa shape index (κ3) is 5.31. The second-order valence-corrected chi connectivity index (χ2v) is 21.1. The van der Waals surface area contributed by atoms with Crippen molar-refractivity contribution in [2.24, 2.45) is 0 Å². The molecule has 0 spiro atoms. The first-order valence-electron chi connectivity index (χ1n) is 12.4. The number of hydrogen-bond donors (Lipinski definition) is 0. The van der Waals surface area contributed by atoms with Gasteiger partial charge < -0.3 is 0 Å². The SMILES string of the molecule is CC(C)(C)c1cc2c(c(C(C)(C)C)c1)[O][Ge]([CH3])([CH3])[O]c1c-2cc(C(C)(C)C)cc1C(C)(C)C. The summed E-state index contributed by atoms with van der Waals surface area (Å²) in [5, 5.41) is 0. The van der Waals surface area contributed by atoms with Gasteiger partial charge in [0.1, 0.15) is 0 Å². The summed E-state index contributed by atoms with van der Waals surface area (Å²) in [4.78, 5) is 0. The molecule has 1 aliphatic rings. The summed E-state index contributed by atoms with van der Waals surface area (Å²) < 4.78 is 13.8. The van der Waals surface area contributed by atoms with E-state index in [0.29, 0.717) is 0 Å². The van der Waals surface area contributed by atoms with Crippen molar-refractivity contribution in [3.63, 3.8) is 0 Å². The van der Waals surface area contributed by atoms with Crippen LogP contribution in [0.1, 0.15) is 105 Å². The molecule has 1 heterocycles. The van der Waals surface area contributed by atoms with Crippen LogP contribution in [0.3, 0.4) is 0 Å². The normalized spacial score (nSPS) is 16.3. The fraction of sp³-hybridized carbons (Fsp3) is 0.600. The molecular weight excluding hydrogens is 465 g/mol. The van der Waals surface area contributed by atoms with Crippen LogP contribution in [0.25, 0.3) is 11.1 Å². The average molecular weight is 511 g/mol. The maximum absolute atomic E-state index is 6.91. The zero-order valence-corrected chi connectivity index (χ0v) is 25.7. The van der Waals surface area contributed by atoms with Crippen molar-refractivity contribution in [3.8, 4) is 22.6 Å². The number of hydrogen-bond acceptors (Lipinski definition) is 2. The molecule has 0 amide bonds. The van der Waals surface area contributed by atoms with Crippen molar-refractivity contribution >= 4 is 13.9 Å². The van der Waals surface area contributed by atoms with Gasteiger partial charge in [-0.2, -0.15) is 0 Å². The van der Waals surface area contributed by atoms with E-state index >= 15 is 0 Å². The molecule has 1 aliphatic heterocycles. The molecule has 2 aromatic rings. The quantitative estimate of drug-likeness (QED) is 0.329. The van der Waals surface area contributed by atoms with Crippen LogP contribution in [0.15, 0.2) is 24.3 Å². The summed E-state index contributed by atoms with van der Waals surface area (Å²) in [5.41, 5.74) is 7.60. The van der Waals surface area contributed by atoms with Gasteiger partial charge in [0.2, 0.25) is 0 Å². The van der Waals surface area contributed by atoms with Gasteiger partial charge in [0.15, 0.2) is 0 Å². The standard InChI is InChI=1S/C30H46GeO2/c1-27(2,3)19-15-21-22-16-20(28(4,5)6)18-24(30(10,11)12)26(22)33-31(13,14)32-25(21)23(17-19)29(7,8)9/h15-18H,1-14H3. The van der Waals surface area contributed by atoms with Crippen LogP contribution in [0.2, 0.25) is 11.5 Å². The van der Waals surface area contributed by atoms with Crippen LogP contribution in [-0.4, -0.2) is 13.9 Å². The van der Waals surface area contributed by atoms with E-state index < -0.39 is 13.9 Å². The van der Waals surface area contributed by atoms with Crippen LogP contribution in [0.5, 0.6) is 11.5 Å². The summed E-state index contributed by atoms with van der Waals surface area (Å²) in [7, 11) is 0. The van der Waals surface area contributed by atoms with Crippen LogP contribution in [0, 0.1) is 0 Å². The van der Waals surface area contributed by atoms with E-state index in [1.54, 1.807) is 0 Å². The Bertz CT molecular complexity index is 979. The van der Waals surface area contributed by atoms with Crippen LogP contribution in [-0.2, 0) is 21.7 Å². The molecule has 0 aromatic heterocycles. The van der Waals surface area contributed by atoms with Crippen molar-refractivity contribution in [2.45, 2.75) is 116 Å². The first-order chi connectivity index (χ1) is 14.6. The van der Waals surface area contributed by atoms with Gasteiger partial charge in [0.05, 0.1) is 0 Å². The number of benzene rings is 2. The Morgan fingerprint density at radius 2 is 0.788 bits per heavy atom. The van der Waals surface area contributed by atoms with E-state index in [1.165, 1.54) is 33.4 Å². The van der Waals surface area contributed by atoms with Gasteiger partial charge in [-0.1, -0.05) is 0 Å². The van der Waals surface area contributed by atoms with E-state index in [9.17, 15) is 0 Å². The van der Waals surface area contributed by atoms with Crippen LogP contribution in [0.4, 0.5) is 0 Å². The molecule has 3 heteroatoms. The van der Waals surface area contributed by atoms with Crippen molar-refractivity contribution in [1.29, 1.82) is 0 Å². The summed E-state index contributed by atoms with van der Waals surface area (Å²) in [6, 6.07) is 9.49. The zero-order chi connectivity index (χ0) is 25.4. The van der Waals surface area contributed by atoms with E-state index in [1.807, 2.05) is 0 Å². The predicted molar refractivity (Wildman–Crippen MR) is 145 cm³/mol. The monoisotopic (exact) mass is 512 g/mol. The molecule has 0 unspecified atom stereocenters. The first kappa shape index (κ1) is 26.2. The molecule has 0 radical (unpaired) electrons. The first-order valence-corrected chi connectivity index (χ1v) is 18.3. The second kappa shape index (κ2) is 7.80. The Kier molecular flexibility index (Phi) is 6.19. The van der Waals surface area contributed by atoms with Gasteiger partial charge in [0.25, 0.3) is 0 Å². The van der Waals surface area contributed by atoms with Gasteiger partial charge in [-0.15, -0.1) is 0 Å². The molecule has 0 aliphatic carbocycles. The van der Waals surface area contributed by atoms with Gasteiger partial charge in [-0.05, 0) is 0 Å². The van der Waals surface area contributed by atoms with E-state index in [-0.39, 0.29) is 21.7 Å². The molecule has 3 rings (SSSR count). The fourth-order valence-electron chi connectivity index (χ4n) is 4.37. The van der Waals surface area contributed by atoms with Crippen molar-refractivity contribution in [2.75, 3.05) is 0 Å². The molecule has 33 heavy (non-hydrogen) atoms. The van der Waals surface area contributed by atoms with Crippen molar-refractivity contribution in [3.05, 3.63) is 46.5 Å². The summed E-state index contributed by atoms with van der Waals surface area (Å²) in [6.45, 7) is 27.5. The molecule has 182 valence electrons. The summed E-state index contributed by atoms with van der Waals surface area (Å²) in [5.74, 6) is 6.50. The van der Waals surface area contributed by atoms with Gasteiger partial charge in [-0.3, -0.25) is 0 Å². The van der Waals surface area contributed by atoms with E-state index in [4.69, 9.17) is 7.53 Å². The van der Waals surface area contributed by atoms with Crippen LogP contribution >= 0.6 is 0 Å². The van der Waals surface area contributed by atoms with Crippen molar-refractivity contribution < 1.29 is 7.53 Å². The van der Waals surface area contributed by atoms with Gasteiger partial charge >= 0.3 is 207 Å².